The van der Waals surface area contributed by atoms with Crippen molar-refractivity contribution >= 4 is 33.4 Å². The maximum absolute atomic E-state index is 12.5. The maximum Gasteiger partial charge on any atom is 0.261 e. The lowest BCUT2D eigenvalue weighted by molar-refractivity contribution is 0.305. The highest BCUT2D eigenvalue weighted by Gasteiger charge is 2.21. The number of aryl methyl sites for hydroxylation is 2. The van der Waals surface area contributed by atoms with E-state index >= 15 is 0 Å². The molecule has 0 amide bonds. The summed E-state index contributed by atoms with van der Waals surface area (Å²) in [5.74, 6) is -0.193. The number of hydrogen-bond donors (Lipinski definition) is 2. The molecular weight excluding hydrogens is 392 g/mol. The van der Waals surface area contributed by atoms with Crippen LogP contribution in [0, 0.1) is 6.92 Å². The molecule has 8 heteroatoms. The third-order valence-corrected chi connectivity index (χ3v) is 5.47. The van der Waals surface area contributed by atoms with Crippen molar-refractivity contribution in [2.45, 2.75) is 6.92 Å². The van der Waals surface area contributed by atoms with Crippen LogP contribution in [0.25, 0.3) is 44.2 Å². The number of hydrogen-bond acceptors (Lipinski definition) is 5. The molecule has 0 radical (unpaired) electrons. The number of aromatic amines is 1. The number of rotatable bonds is 2. The number of benzene rings is 2. The number of aromatic hydroxyl groups is 1. The molecule has 29 heavy (non-hydrogen) atoms. The quantitative estimate of drug-likeness (QED) is 0.452. The first-order chi connectivity index (χ1) is 13.9. The van der Waals surface area contributed by atoms with E-state index in [9.17, 15) is 9.90 Å². The molecule has 0 saturated carbocycles. The fourth-order valence-corrected chi connectivity index (χ4v) is 3.92. The summed E-state index contributed by atoms with van der Waals surface area (Å²) >= 11 is 6.52. The molecule has 2 N–H and O–H groups in total. The monoisotopic (exact) mass is 406 g/mol. The van der Waals surface area contributed by atoms with Gasteiger partial charge in [-0.3, -0.25) is 4.79 Å². The SMILES string of the molecule is Cc1nonc1-c1c(O)c2cc(-c3ccc4c(ccn4C)c3)c(Cl)cc2[nH]c1=O. The standard InChI is InChI=1S/C21H15ClN4O3/c1-10-19(25-29-24-10)18-20(27)14-8-13(15(22)9-16(14)23-21(18)28)11-3-4-17-12(7-11)5-6-26(17)2/h3-9H,1-2H3,(H2,23,27,28). The van der Waals surface area contributed by atoms with Gasteiger partial charge in [-0.05, 0) is 48.0 Å². The number of aromatic nitrogens is 4. The van der Waals surface area contributed by atoms with E-state index in [1.165, 1.54) is 0 Å². The molecule has 0 atom stereocenters. The zero-order valence-corrected chi connectivity index (χ0v) is 16.3. The van der Waals surface area contributed by atoms with Gasteiger partial charge in [0.25, 0.3) is 5.56 Å². The summed E-state index contributed by atoms with van der Waals surface area (Å²) in [7, 11) is 1.99. The Morgan fingerprint density at radius 2 is 2.00 bits per heavy atom. The molecule has 0 saturated heterocycles. The minimum Gasteiger partial charge on any atom is -0.506 e. The average Bonchev–Trinajstić information content (AvgIpc) is 3.27. The predicted octanol–water partition coefficient (Wildman–Crippen LogP) is 4.40. The molecule has 5 aromatic rings. The first-order valence-electron chi connectivity index (χ1n) is 8.87. The zero-order chi connectivity index (χ0) is 20.3. The molecule has 0 aliphatic rings. The minimum absolute atomic E-state index is 0.0167. The number of pyridine rings is 1. The Morgan fingerprint density at radius 3 is 2.76 bits per heavy atom. The Hall–Kier alpha value is -3.58. The van der Waals surface area contributed by atoms with Crippen LogP contribution in [0.3, 0.4) is 0 Å². The second-order valence-electron chi connectivity index (χ2n) is 6.95. The van der Waals surface area contributed by atoms with E-state index in [0.717, 1.165) is 22.0 Å². The fraction of sp³-hybridized carbons (Fsp3) is 0.0952. The Kier molecular flexibility index (Phi) is 3.75. The van der Waals surface area contributed by atoms with Crippen LogP contribution in [0.5, 0.6) is 5.75 Å². The number of fused-ring (bicyclic) bond motifs is 2. The van der Waals surface area contributed by atoms with Gasteiger partial charge in [0, 0.05) is 35.1 Å². The van der Waals surface area contributed by atoms with E-state index in [1.807, 2.05) is 42.1 Å². The van der Waals surface area contributed by atoms with Crippen LogP contribution in [0.2, 0.25) is 5.02 Å². The molecule has 0 bridgehead atoms. The smallest absolute Gasteiger partial charge is 0.261 e. The van der Waals surface area contributed by atoms with Crippen molar-refractivity contribution in [2.24, 2.45) is 7.05 Å². The van der Waals surface area contributed by atoms with Gasteiger partial charge in [0.2, 0.25) is 0 Å². The Morgan fingerprint density at radius 1 is 1.17 bits per heavy atom. The fourth-order valence-electron chi connectivity index (χ4n) is 3.65. The van der Waals surface area contributed by atoms with Crippen molar-refractivity contribution in [3.8, 4) is 28.1 Å². The molecule has 0 unspecified atom stereocenters. The van der Waals surface area contributed by atoms with Gasteiger partial charge in [-0.15, -0.1) is 0 Å². The van der Waals surface area contributed by atoms with Gasteiger partial charge < -0.3 is 14.7 Å². The minimum atomic E-state index is -0.497. The molecule has 144 valence electrons. The second-order valence-corrected chi connectivity index (χ2v) is 7.36. The van der Waals surface area contributed by atoms with Crippen molar-refractivity contribution in [3.63, 3.8) is 0 Å². The van der Waals surface area contributed by atoms with Gasteiger partial charge in [-0.25, -0.2) is 4.63 Å². The van der Waals surface area contributed by atoms with E-state index in [2.05, 4.69) is 19.9 Å². The van der Waals surface area contributed by atoms with Gasteiger partial charge in [0.1, 0.15) is 22.7 Å². The number of nitrogens with one attached hydrogen (secondary N) is 1. The van der Waals surface area contributed by atoms with E-state index in [0.29, 0.717) is 21.6 Å². The zero-order valence-electron chi connectivity index (χ0n) is 15.5. The molecule has 0 aliphatic heterocycles. The second kappa shape index (κ2) is 6.22. The van der Waals surface area contributed by atoms with Crippen LogP contribution in [0.4, 0.5) is 0 Å². The van der Waals surface area contributed by atoms with Crippen LogP contribution in [-0.4, -0.2) is 25.0 Å². The van der Waals surface area contributed by atoms with Crippen molar-refractivity contribution in [1.82, 2.24) is 19.9 Å². The van der Waals surface area contributed by atoms with Gasteiger partial charge in [0.15, 0.2) is 0 Å². The van der Waals surface area contributed by atoms with Crippen LogP contribution >= 0.6 is 11.6 Å². The highest BCUT2D eigenvalue weighted by Crippen LogP contribution is 2.38. The Balaban J connectivity index is 1.78. The third-order valence-electron chi connectivity index (χ3n) is 5.16. The molecular formula is C21H15ClN4O3. The highest BCUT2D eigenvalue weighted by molar-refractivity contribution is 6.34. The van der Waals surface area contributed by atoms with Crippen LogP contribution in [-0.2, 0) is 7.05 Å². The van der Waals surface area contributed by atoms with Gasteiger partial charge in [-0.2, -0.15) is 0 Å². The van der Waals surface area contributed by atoms with Gasteiger partial charge in [-0.1, -0.05) is 22.8 Å². The van der Waals surface area contributed by atoms with E-state index in [4.69, 9.17) is 11.6 Å². The van der Waals surface area contributed by atoms with Gasteiger partial charge >= 0.3 is 0 Å². The summed E-state index contributed by atoms with van der Waals surface area (Å²) in [4.78, 5) is 15.3. The lowest BCUT2D eigenvalue weighted by Gasteiger charge is -2.11. The van der Waals surface area contributed by atoms with Crippen molar-refractivity contribution in [3.05, 3.63) is 63.7 Å². The van der Waals surface area contributed by atoms with Crippen molar-refractivity contribution in [2.75, 3.05) is 0 Å². The van der Waals surface area contributed by atoms with Crippen LogP contribution in [0.15, 0.2) is 52.0 Å². The van der Waals surface area contributed by atoms with Crippen molar-refractivity contribution < 1.29 is 9.74 Å². The molecule has 0 aliphatic carbocycles. The molecule has 3 heterocycles. The maximum atomic E-state index is 12.5. The number of H-pyrrole nitrogens is 1. The average molecular weight is 407 g/mol. The largest absolute Gasteiger partial charge is 0.506 e. The molecule has 5 rings (SSSR count). The molecule has 2 aromatic carbocycles. The summed E-state index contributed by atoms with van der Waals surface area (Å²) in [6, 6.07) is 11.5. The molecule has 7 nitrogen and oxygen atoms in total. The van der Waals surface area contributed by atoms with E-state index < -0.39 is 5.56 Å². The number of nitrogens with zero attached hydrogens (tertiary/aromatic N) is 3. The first-order valence-corrected chi connectivity index (χ1v) is 9.25. The predicted molar refractivity (Wildman–Crippen MR) is 111 cm³/mol. The first kappa shape index (κ1) is 17.5. The summed E-state index contributed by atoms with van der Waals surface area (Å²) in [6.45, 7) is 1.65. The van der Waals surface area contributed by atoms with Crippen LogP contribution < -0.4 is 5.56 Å². The highest BCUT2D eigenvalue weighted by atomic mass is 35.5. The lowest BCUT2D eigenvalue weighted by Crippen LogP contribution is -2.10. The third kappa shape index (κ3) is 2.62. The van der Waals surface area contributed by atoms with Crippen molar-refractivity contribution in [1.29, 1.82) is 0 Å². The summed E-state index contributed by atoms with van der Waals surface area (Å²) in [5, 5.41) is 20.3. The van der Waals surface area contributed by atoms with Crippen LogP contribution in [0.1, 0.15) is 5.69 Å². The lowest BCUT2D eigenvalue weighted by atomic mass is 9.99. The van der Waals surface area contributed by atoms with Gasteiger partial charge in [0.05, 0.1) is 10.5 Å². The summed E-state index contributed by atoms with van der Waals surface area (Å²) < 4.78 is 6.73. The van der Waals surface area contributed by atoms with E-state index in [-0.39, 0.29) is 17.0 Å². The topological polar surface area (TPSA) is 96.9 Å². The molecule has 0 fully saturated rings. The molecule has 0 spiro atoms. The molecule has 3 aromatic heterocycles. The Labute approximate surface area is 169 Å². The number of halogens is 1. The normalized spacial score (nSPS) is 11.6. The summed E-state index contributed by atoms with van der Waals surface area (Å²) in [6.07, 6.45) is 1.99. The summed E-state index contributed by atoms with van der Waals surface area (Å²) in [5.41, 5.74) is 3.32. The Bertz CT molecular complexity index is 1480. The van der Waals surface area contributed by atoms with E-state index in [1.54, 1.807) is 19.1 Å².